The van der Waals surface area contributed by atoms with Gasteiger partial charge in [-0.25, -0.2) is 13.2 Å². The molecule has 1 N–H and O–H groups in total. The first-order valence-electron chi connectivity index (χ1n) is 9.52. The number of amides is 1. The number of anilines is 2. The molecule has 0 saturated heterocycles. The number of carbonyl (C=O) groups excluding carboxylic acids is 2. The Morgan fingerprint density at radius 2 is 1.77 bits per heavy atom. The van der Waals surface area contributed by atoms with E-state index in [2.05, 4.69) is 5.32 Å². The molecule has 0 saturated carbocycles. The lowest BCUT2D eigenvalue weighted by Gasteiger charge is -2.22. The van der Waals surface area contributed by atoms with Crippen LogP contribution in [0.2, 0.25) is 5.02 Å². The van der Waals surface area contributed by atoms with Gasteiger partial charge in [-0.1, -0.05) is 11.6 Å². The molecule has 0 fully saturated rings. The Morgan fingerprint density at radius 3 is 2.29 bits per heavy atom. The lowest BCUT2D eigenvalue weighted by atomic mass is 10.2. The topological polar surface area (TPSA) is 102 Å². The molecule has 0 aliphatic heterocycles. The molecule has 2 rings (SSSR count). The number of hydrogen-bond donors (Lipinski definition) is 1. The second-order valence-corrected chi connectivity index (χ2v) is 9.21. The summed E-state index contributed by atoms with van der Waals surface area (Å²) in [6.45, 7) is 5.21. The van der Waals surface area contributed by atoms with E-state index in [4.69, 9.17) is 21.1 Å². The Labute approximate surface area is 187 Å². The average molecular weight is 469 g/mol. The molecular formula is C21H25ClN2O6S. The molecule has 0 heterocycles. The van der Waals surface area contributed by atoms with Crippen molar-refractivity contribution in [3.8, 4) is 5.75 Å². The van der Waals surface area contributed by atoms with Crippen LogP contribution in [0.25, 0.3) is 0 Å². The molecule has 2 aromatic rings. The van der Waals surface area contributed by atoms with Crippen LogP contribution in [0.1, 0.15) is 31.1 Å². The van der Waals surface area contributed by atoms with E-state index in [-0.39, 0.29) is 23.3 Å². The van der Waals surface area contributed by atoms with Crippen LogP contribution in [0.15, 0.2) is 42.5 Å². The fourth-order valence-corrected chi connectivity index (χ4v) is 3.78. The van der Waals surface area contributed by atoms with Gasteiger partial charge in [0.25, 0.3) is 0 Å². The van der Waals surface area contributed by atoms with Gasteiger partial charge in [0.1, 0.15) is 12.3 Å². The maximum atomic E-state index is 12.5. The Morgan fingerprint density at radius 1 is 1.13 bits per heavy atom. The normalized spacial score (nSPS) is 11.2. The van der Waals surface area contributed by atoms with E-state index in [0.717, 1.165) is 10.6 Å². The lowest BCUT2D eigenvalue weighted by molar-refractivity contribution is -0.114. The highest BCUT2D eigenvalue weighted by molar-refractivity contribution is 7.92. The van der Waals surface area contributed by atoms with Crippen LogP contribution in [0.4, 0.5) is 11.4 Å². The van der Waals surface area contributed by atoms with Crippen molar-refractivity contribution in [3.63, 3.8) is 0 Å². The zero-order valence-corrected chi connectivity index (χ0v) is 19.3. The second-order valence-electron chi connectivity index (χ2n) is 6.89. The maximum absolute atomic E-state index is 12.5. The number of rotatable bonds is 9. The highest BCUT2D eigenvalue weighted by atomic mass is 35.5. The van der Waals surface area contributed by atoms with Crippen molar-refractivity contribution in [1.29, 1.82) is 0 Å². The number of benzene rings is 2. The Kier molecular flexibility index (Phi) is 8.29. The molecule has 0 aliphatic rings. The number of halogens is 1. The first-order valence-corrected chi connectivity index (χ1v) is 11.7. The van der Waals surface area contributed by atoms with E-state index in [1.807, 2.05) is 13.8 Å². The van der Waals surface area contributed by atoms with Gasteiger partial charge < -0.3 is 14.8 Å². The van der Waals surface area contributed by atoms with E-state index in [9.17, 15) is 18.0 Å². The number of nitrogens with one attached hydrogen (secondary N) is 1. The molecule has 31 heavy (non-hydrogen) atoms. The Balaban J connectivity index is 2.15. The Bertz CT molecular complexity index is 1040. The Hall–Kier alpha value is -2.78. The standard InChI is InChI=1S/C21H25ClN2O6S/c1-5-29-21(26)18-11-6-15(12-19(18)22)23-20(25)13-24(31(4,27)28)16-7-9-17(10-8-16)30-14(2)3/h6-12,14H,5,13H2,1-4H3,(H,23,25). The van der Waals surface area contributed by atoms with Crippen LogP contribution >= 0.6 is 11.6 Å². The summed E-state index contributed by atoms with van der Waals surface area (Å²) >= 11 is 6.10. The fraction of sp³-hybridized carbons (Fsp3) is 0.333. The van der Waals surface area contributed by atoms with Gasteiger partial charge in [-0.2, -0.15) is 0 Å². The van der Waals surface area contributed by atoms with Gasteiger partial charge in [-0.3, -0.25) is 9.10 Å². The van der Waals surface area contributed by atoms with E-state index in [1.165, 1.54) is 18.2 Å². The van der Waals surface area contributed by atoms with Crippen molar-refractivity contribution in [1.82, 2.24) is 0 Å². The molecule has 0 radical (unpaired) electrons. The third-order valence-corrected chi connectivity index (χ3v) is 5.39. The largest absolute Gasteiger partial charge is 0.491 e. The number of esters is 1. The molecule has 0 bridgehead atoms. The molecule has 10 heteroatoms. The summed E-state index contributed by atoms with van der Waals surface area (Å²) in [5.41, 5.74) is 0.810. The van der Waals surface area contributed by atoms with Gasteiger partial charge in [0.15, 0.2) is 0 Å². The molecular weight excluding hydrogens is 444 g/mol. The van der Waals surface area contributed by atoms with Crippen LogP contribution in [0.5, 0.6) is 5.75 Å². The zero-order chi connectivity index (χ0) is 23.2. The van der Waals surface area contributed by atoms with Crippen molar-refractivity contribution in [2.75, 3.05) is 29.0 Å². The number of carbonyl (C=O) groups is 2. The lowest BCUT2D eigenvalue weighted by Crippen LogP contribution is -2.37. The summed E-state index contributed by atoms with van der Waals surface area (Å²) in [5, 5.41) is 2.69. The molecule has 0 spiro atoms. The van der Waals surface area contributed by atoms with Crippen molar-refractivity contribution in [2.45, 2.75) is 26.9 Å². The third-order valence-electron chi connectivity index (χ3n) is 3.93. The highest BCUT2D eigenvalue weighted by Crippen LogP contribution is 2.24. The van der Waals surface area contributed by atoms with Crippen LogP contribution < -0.4 is 14.4 Å². The van der Waals surface area contributed by atoms with Crippen molar-refractivity contribution < 1.29 is 27.5 Å². The quantitative estimate of drug-likeness (QED) is 0.563. The third kappa shape index (κ3) is 7.15. The highest BCUT2D eigenvalue weighted by Gasteiger charge is 2.21. The van der Waals surface area contributed by atoms with Gasteiger partial charge in [0.2, 0.25) is 15.9 Å². The summed E-state index contributed by atoms with van der Waals surface area (Å²) < 4.78 is 36.0. The maximum Gasteiger partial charge on any atom is 0.339 e. The minimum Gasteiger partial charge on any atom is -0.491 e. The smallest absolute Gasteiger partial charge is 0.339 e. The number of hydrogen-bond acceptors (Lipinski definition) is 6. The molecule has 8 nitrogen and oxygen atoms in total. The van der Waals surface area contributed by atoms with Gasteiger partial charge in [0.05, 0.1) is 35.2 Å². The van der Waals surface area contributed by atoms with Crippen molar-refractivity contribution in [3.05, 3.63) is 53.1 Å². The van der Waals surface area contributed by atoms with Crippen LogP contribution in [-0.4, -0.2) is 45.8 Å². The molecule has 0 unspecified atom stereocenters. The molecule has 0 atom stereocenters. The molecule has 168 valence electrons. The van der Waals surface area contributed by atoms with Gasteiger partial charge in [-0.15, -0.1) is 0 Å². The van der Waals surface area contributed by atoms with Crippen LogP contribution in [0, 0.1) is 0 Å². The van der Waals surface area contributed by atoms with Gasteiger partial charge >= 0.3 is 5.97 Å². The number of sulfonamides is 1. The first kappa shape index (κ1) is 24.5. The van der Waals surface area contributed by atoms with Gasteiger partial charge in [-0.05, 0) is 63.2 Å². The summed E-state index contributed by atoms with van der Waals surface area (Å²) in [5.74, 6) is -0.556. The first-order chi connectivity index (χ1) is 14.5. The predicted molar refractivity (Wildman–Crippen MR) is 120 cm³/mol. The van der Waals surface area contributed by atoms with Gasteiger partial charge in [0, 0.05) is 5.69 Å². The average Bonchev–Trinajstić information content (AvgIpc) is 2.66. The number of ether oxygens (including phenoxy) is 2. The fourth-order valence-electron chi connectivity index (χ4n) is 2.66. The summed E-state index contributed by atoms with van der Waals surface area (Å²) in [7, 11) is -3.73. The zero-order valence-electron chi connectivity index (χ0n) is 17.7. The van der Waals surface area contributed by atoms with E-state index in [0.29, 0.717) is 17.1 Å². The van der Waals surface area contributed by atoms with Crippen molar-refractivity contribution >= 4 is 44.9 Å². The predicted octanol–water partition coefficient (Wildman–Crippen LogP) is 3.71. The molecule has 0 aromatic heterocycles. The minimum absolute atomic E-state index is 0.0234. The van der Waals surface area contributed by atoms with Crippen LogP contribution in [-0.2, 0) is 19.6 Å². The molecule has 2 aromatic carbocycles. The van der Waals surface area contributed by atoms with E-state index < -0.39 is 28.4 Å². The molecule has 1 amide bonds. The second kappa shape index (κ2) is 10.5. The monoisotopic (exact) mass is 468 g/mol. The summed E-state index contributed by atoms with van der Waals surface area (Å²) in [6.07, 6.45) is 0.994. The minimum atomic E-state index is -3.73. The summed E-state index contributed by atoms with van der Waals surface area (Å²) in [6, 6.07) is 10.7. The van der Waals surface area contributed by atoms with E-state index >= 15 is 0 Å². The van der Waals surface area contributed by atoms with Crippen LogP contribution in [0.3, 0.4) is 0 Å². The molecule has 0 aliphatic carbocycles. The van der Waals surface area contributed by atoms with Crippen molar-refractivity contribution in [2.24, 2.45) is 0 Å². The summed E-state index contributed by atoms with van der Waals surface area (Å²) in [4.78, 5) is 24.3. The number of nitrogens with zero attached hydrogens (tertiary/aromatic N) is 1. The SMILES string of the molecule is CCOC(=O)c1ccc(NC(=O)CN(c2ccc(OC(C)C)cc2)S(C)(=O)=O)cc1Cl. The van der Waals surface area contributed by atoms with E-state index in [1.54, 1.807) is 31.2 Å².